The van der Waals surface area contributed by atoms with E-state index in [2.05, 4.69) is 15.1 Å². The maximum absolute atomic E-state index is 16.1. The summed E-state index contributed by atoms with van der Waals surface area (Å²) in [6, 6.07) is 6.67. The maximum Gasteiger partial charge on any atom is 0.407 e. The molecule has 1 aromatic heterocycles. The van der Waals surface area contributed by atoms with Gasteiger partial charge in [-0.2, -0.15) is 0 Å². The molecule has 18 nitrogen and oxygen atoms in total. The molecule has 278 valence electrons. The summed E-state index contributed by atoms with van der Waals surface area (Å²) in [6.07, 6.45) is -6.42. The monoisotopic (exact) mass is 732 g/mol. The van der Waals surface area contributed by atoms with E-state index >= 15 is 4.39 Å². The number of nitrogens with one attached hydrogen (secondary N) is 2. The lowest BCUT2D eigenvalue weighted by atomic mass is 9.98. The second-order valence-electron chi connectivity index (χ2n) is 11.5. The minimum Gasteiger partial charge on any atom is -0.482 e. The summed E-state index contributed by atoms with van der Waals surface area (Å²) in [5, 5.41) is 15.7. The van der Waals surface area contributed by atoms with Crippen LogP contribution in [0, 0.1) is 0 Å². The number of rotatable bonds is 17. The van der Waals surface area contributed by atoms with Crippen LogP contribution in [0.25, 0.3) is 0 Å². The Labute approximate surface area is 286 Å². The van der Waals surface area contributed by atoms with E-state index in [0.717, 1.165) is 26.3 Å². The van der Waals surface area contributed by atoms with E-state index in [0.29, 0.717) is 14.9 Å². The third-order valence-corrected chi connectivity index (χ3v) is 9.00. The van der Waals surface area contributed by atoms with Crippen LogP contribution in [0.5, 0.6) is 5.75 Å². The van der Waals surface area contributed by atoms with Gasteiger partial charge in [0.05, 0.1) is 26.4 Å². The first-order chi connectivity index (χ1) is 23.5. The van der Waals surface area contributed by atoms with Crippen LogP contribution in [0.1, 0.15) is 33.9 Å². The van der Waals surface area contributed by atoms with Gasteiger partial charge in [-0.25, -0.2) is 28.4 Å². The normalized spacial score (nSPS) is 22.6. The van der Waals surface area contributed by atoms with Gasteiger partial charge in [0.2, 0.25) is 0 Å². The number of aromatic nitrogens is 2. The van der Waals surface area contributed by atoms with Crippen molar-refractivity contribution in [3.63, 3.8) is 0 Å². The highest BCUT2D eigenvalue weighted by Crippen LogP contribution is 2.46. The zero-order valence-electron chi connectivity index (χ0n) is 28.3. The highest BCUT2D eigenvalue weighted by Gasteiger charge is 2.56. The Morgan fingerprint density at radius 2 is 1.78 bits per heavy atom. The van der Waals surface area contributed by atoms with Crippen LogP contribution in [0.4, 0.5) is 9.18 Å². The molecule has 1 amide bonds. The fourth-order valence-corrected chi connectivity index (χ4v) is 6.23. The molecule has 50 heavy (non-hydrogen) atoms. The topological polar surface area (TPSA) is 221 Å². The number of aliphatic hydroxyl groups is 1. The van der Waals surface area contributed by atoms with E-state index < -0.39 is 98.8 Å². The van der Waals surface area contributed by atoms with E-state index in [1.807, 2.05) is 0 Å². The van der Waals surface area contributed by atoms with Crippen LogP contribution in [0.2, 0.25) is 0 Å². The number of hydrogen-bond donors (Lipinski definition) is 3. The van der Waals surface area contributed by atoms with Gasteiger partial charge < -0.3 is 43.4 Å². The second kappa shape index (κ2) is 17.7. The van der Waals surface area contributed by atoms with E-state index in [-0.39, 0.29) is 6.61 Å². The highest BCUT2D eigenvalue weighted by molar-refractivity contribution is 7.56. The van der Waals surface area contributed by atoms with Crippen molar-refractivity contribution >= 4 is 25.6 Å². The summed E-state index contributed by atoms with van der Waals surface area (Å²) < 4.78 is 67.6. The number of alkyl halides is 1. The van der Waals surface area contributed by atoms with Crippen molar-refractivity contribution in [1.82, 2.24) is 19.5 Å². The Balaban J connectivity index is 1.80. The number of benzene rings is 1. The Kier molecular flexibility index (Phi) is 14.3. The lowest BCUT2D eigenvalue weighted by Gasteiger charge is -2.26. The number of ether oxygens (including phenoxy) is 6. The number of halogens is 1. The first-order valence-corrected chi connectivity index (χ1v) is 17.1. The number of amides is 1. The zero-order chi connectivity index (χ0) is 37.2. The lowest BCUT2D eigenvalue weighted by molar-refractivity contribution is -0.151. The number of esters is 2. The molecular formula is C30H42FN4O14P. The SMILES string of the molecule is COCC(NC(=O)OC)C(=O)OCn1c(=O)ccn([C@@H]2O[C@H](COP(=O)(COc3ccccc3)N[C@@H](C)C(=O)OC(C)C)[C@@H](O)[C@@]2(C)F)c1=O. The van der Waals surface area contributed by atoms with Gasteiger partial charge in [0, 0.05) is 19.4 Å². The molecule has 0 bridgehead atoms. The van der Waals surface area contributed by atoms with Gasteiger partial charge in [-0.05, 0) is 39.8 Å². The average Bonchev–Trinajstić information content (AvgIpc) is 3.29. The van der Waals surface area contributed by atoms with Gasteiger partial charge in [0.25, 0.3) is 5.56 Å². The summed E-state index contributed by atoms with van der Waals surface area (Å²) in [5.74, 6) is -1.48. The Hall–Kier alpha value is -4.13. The van der Waals surface area contributed by atoms with E-state index in [9.17, 15) is 33.6 Å². The highest BCUT2D eigenvalue weighted by atomic mass is 31.2. The second-order valence-corrected chi connectivity index (χ2v) is 13.6. The quantitative estimate of drug-likeness (QED) is 0.118. The van der Waals surface area contributed by atoms with Gasteiger partial charge >= 0.3 is 31.2 Å². The van der Waals surface area contributed by atoms with Crippen molar-refractivity contribution in [1.29, 1.82) is 0 Å². The molecule has 0 spiro atoms. The average molecular weight is 733 g/mol. The number of carbonyl (C=O) groups is 3. The summed E-state index contributed by atoms with van der Waals surface area (Å²) in [5.41, 5.74) is -4.80. The molecule has 2 aromatic rings. The minimum atomic E-state index is -4.11. The number of aliphatic hydroxyl groups excluding tert-OH is 1. The van der Waals surface area contributed by atoms with E-state index in [1.165, 1.54) is 14.0 Å². The Bertz CT molecular complexity index is 1640. The molecule has 7 atom stereocenters. The molecule has 0 radical (unpaired) electrons. The molecule has 20 heteroatoms. The molecule has 1 fully saturated rings. The number of methoxy groups -OCH3 is 2. The van der Waals surface area contributed by atoms with Gasteiger partial charge in [0.1, 0.15) is 24.0 Å². The van der Waals surface area contributed by atoms with Crippen molar-refractivity contribution < 1.29 is 61.4 Å². The van der Waals surface area contributed by atoms with Crippen molar-refractivity contribution in [2.45, 2.75) is 76.7 Å². The summed E-state index contributed by atoms with van der Waals surface area (Å²) in [6.45, 7) is 3.63. The molecule has 2 heterocycles. The van der Waals surface area contributed by atoms with Crippen LogP contribution in [-0.2, 0) is 49.1 Å². The largest absolute Gasteiger partial charge is 0.482 e. The summed E-state index contributed by atoms with van der Waals surface area (Å²) in [7, 11) is -1.79. The van der Waals surface area contributed by atoms with Crippen molar-refractivity contribution in [2.75, 3.05) is 33.8 Å². The number of nitrogens with zero attached hydrogens (tertiary/aromatic N) is 2. The number of para-hydroxylation sites is 1. The molecule has 1 saturated heterocycles. The molecular weight excluding hydrogens is 690 g/mol. The Morgan fingerprint density at radius 1 is 1.10 bits per heavy atom. The van der Waals surface area contributed by atoms with Crippen molar-refractivity contribution in [2.24, 2.45) is 0 Å². The molecule has 0 aliphatic carbocycles. The van der Waals surface area contributed by atoms with Crippen molar-refractivity contribution in [3.8, 4) is 5.75 Å². The zero-order valence-corrected chi connectivity index (χ0v) is 29.2. The van der Waals surface area contributed by atoms with Crippen LogP contribution in [0.3, 0.4) is 0 Å². The number of alkyl carbamates (subject to hydrolysis) is 1. The van der Waals surface area contributed by atoms with Gasteiger partial charge in [-0.1, -0.05) is 18.2 Å². The third kappa shape index (κ3) is 10.4. The molecule has 1 aliphatic rings. The van der Waals surface area contributed by atoms with Gasteiger partial charge in [0.15, 0.2) is 31.0 Å². The fraction of sp³-hybridized carbons (Fsp3) is 0.567. The lowest BCUT2D eigenvalue weighted by Crippen LogP contribution is -2.48. The maximum atomic E-state index is 16.1. The molecule has 0 saturated carbocycles. The van der Waals surface area contributed by atoms with Crippen LogP contribution >= 0.6 is 7.52 Å². The molecule has 1 aliphatic heterocycles. The van der Waals surface area contributed by atoms with Crippen LogP contribution in [0.15, 0.2) is 52.2 Å². The summed E-state index contributed by atoms with van der Waals surface area (Å²) >= 11 is 0. The molecule has 2 unspecified atom stereocenters. The third-order valence-electron chi connectivity index (χ3n) is 7.18. The van der Waals surface area contributed by atoms with Crippen LogP contribution in [-0.4, -0.2) is 102 Å². The standard InChI is InChI=1S/C30H42FN4O14P/c1-18(2)48-25(38)19(3)33-50(42,17-46-20-10-8-7-9-11-20)47-15-22-24(37)30(4,31)27(49-22)34-13-12-23(36)35(29(34)41)16-45-26(39)21(14-43-5)32-28(40)44-6/h7-13,18-19,21-22,24,27,37H,14-17H2,1-6H3,(H,32,40)(H,33,42)/t19-,21?,22+,24+,27+,30+,50?/m0/s1. The molecule has 3 N–H and O–H groups in total. The number of hydrogen-bond acceptors (Lipinski definition) is 14. The first kappa shape index (κ1) is 40.3. The van der Waals surface area contributed by atoms with E-state index in [1.54, 1.807) is 44.2 Å². The molecule has 3 rings (SSSR count). The molecule has 1 aromatic carbocycles. The first-order valence-electron chi connectivity index (χ1n) is 15.3. The van der Waals surface area contributed by atoms with Gasteiger partial charge in [-0.15, -0.1) is 0 Å². The van der Waals surface area contributed by atoms with Crippen molar-refractivity contribution in [3.05, 3.63) is 63.4 Å². The van der Waals surface area contributed by atoms with Crippen LogP contribution < -0.4 is 26.4 Å². The smallest absolute Gasteiger partial charge is 0.407 e. The minimum absolute atomic E-state index is 0.332. The predicted molar refractivity (Wildman–Crippen MR) is 171 cm³/mol. The Morgan fingerprint density at radius 3 is 2.40 bits per heavy atom. The number of carbonyl (C=O) groups excluding carboxylic acids is 3. The fourth-order valence-electron chi connectivity index (χ4n) is 4.61. The van der Waals surface area contributed by atoms with E-state index in [4.69, 9.17) is 28.2 Å². The predicted octanol–water partition coefficient (Wildman–Crippen LogP) is 1.04. The summed E-state index contributed by atoms with van der Waals surface area (Å²) in [4.78, 5) is 62.5. The van der Waals surface area contributed by atoms with Gasteiger partial charge in [-0.3, -0.25) is 18.7 Å².